The Morgan fingerprint density at radius 2 is 1.54 bits per heavy atom. The fourth-order valence-corrected chi connectivity index (χ4v) is 3.94. The molecule has 2 aromatic carbocycles. The largest absolute Gasteiger partial charge is 0.313 e. The number of hydrogen-bond acceptors (Lipinski definition) is 3. The lowest BCUT2D eigenvalue weighted by molar-refractivity contribution is -0.118. The first-order chi connectivity index (χ1) is 12.2. The molecule has 0 saturated carbocycles. The van der Waals surface area contributed by atoms with Gasteiger partial charge in [-0.1, -0.05) is 24.3 Å². The molecule has 0 N–H and O–H groups in total. The van der Waals surface area contributed by atoms with Gasteiger partial charge in [0.05, 0.1) is 11.9 Å². The van der Waals surface area contributed by atoms with Gasteiger partial charge in [0.25, 0.3) is 0 Å². The van der Waals surface area contributed by atoms with Crippen molar-refractivity contribution < 1.29 is 13.2 Å². The molecule has 0 spiro atoms. The summed E-state index contributed by atoms with van der Waals surface area (Å²) in [6, 6.07) is 15.0. The summed E-state index contributed by atoms with van der Waals surface area (Å²) in [5, 5.41) is 0. The van der Waals surface area contributed by atoms with Gasteiger partial charge in [0, 0.05) is 25.2 Å². The number of sulfonamides is 1. The van der Waals surface area contributed by atoms with Crippen LogP contribution < -0.4 is 9.21 Å². The monoisotopic (exact) mass is 374 g/mol. The molecule has 6 heteroatoms. The van der Waals surface area contributed by atoms with E-state index in [0.717, 1.165) is 16.8 Å². The standard InChI is InChI=1S/C20H26N2O3S/c1-5-21(18-9-7-6-8-10-18)20(23)11-12-22(26(4,24)25)19-14-16(2)13-17(3)15-19/h6-10,13-15H,5,11-12H2,1-4H3. The number of amides is 1. The van der Waals surface area contributed by atoms with E-state index in [4.69, 9.17) is 0 Å². The highest BCUT2D eigenvalue weighted by molar-refractivity contribution is 7.92. The quantitative estimate of drug-likeness (QED) is 0.745. The van der Waals surface area contributed by atoms with Gasteiger partial charge in [-0.05, 0) is 56.2 Å². The Morgan fingerprint density at radius 1 is 0.962 bits per heavy atom. The fourth-order valence-electron chi connectivity index (χ4n) is 3.02. The number of nitrogens with zero attached hydrogens (tertiary/aromatic N) is 2. The van der Waals surface area contributed by atoms with Gasteiger partial charge in [0.1, 0.15) is 0 Å². The number of carbonyl (C=O) groups excluding carboxylic acids is 1. The molecule has 0 fully saturated rings. The zero-order valence-corrected chi connectivity index (χ0v) is 16.6. The Balaban J connectivity index is 2.21. The van der Waals surface area contributed by atoms with Crippen molar-refractivity contribution in [2.24, 2.45) is 0 Å². The van der Waals surface area contributed by atoms with E-state index in [2.05, 4.69) is 0 Å². The molecule has 0 unspecified atom stereocenters. The van der Waals surface area contributed by atoms with Gasteiger partial charge >= 0.3 is 0 Å². The maximum absolute atomic E-state index is 12.7. The number of hydrogen-bond donors (Lipinski definition) is 0. The topological polar surface area (TPSA) is 57.7 Å². The second-order valence-corrected chi connectivity index (χ2v) is 8.31. The number of benzene rings is 2. The van der Waals surface area contributed by atoms with Gasteiger partial charge in [-0.2, -0.15) is 0 Å². The third-order valence-corrected chi connectivity index (χ3v) is 5.30. The molecule has 5 nitrogen and oxygen atoms in total. The van der Waals surface area contributed by atoms with E-state index >= 15 is 0 Å². The summed E-state index contributed by atoms with van der Waals surface area (Å²) in [7, 11) is -3.48. The van der Waals surface area contributed by atoms with Crippen LogP contribution >= 0.6 is 0 Å². The summed E-state index contributed by atoms with van der Waals surface area (Å²) < 4.78 is 25.9. The first kappa shape index (κ1) is 20.0. The third kappa shape index (κ3) is 5.08. The van der Waals surface area contributed by atoms with Gasteiger partial charge in [-0.25, -0.2) is 8.42 Å². The molecule has 26 heavy (non-hydrogen) atoms. The molecule has 0 aliphatic rings. The van der Waals surface area contributed by atoms with E-state index in [0.29, 0.717) is 12.2 Å². The molecule has 1 amide bonds. The summed E-state index contributed by atoms with van der Waals surface area (Å²) in [5.41, 5.74) is 3.39. The Bertz CT molecular complexity index is 844. The number of rotatable bonds is 7. The van der Waals surface area contributed by atoms with Crippen molar-refractivity contribution in [2.75, 3.05) is 28.6 Å². The van der Waals surface area contributed by atoms with Crippen LogP contribution in [0.3, 0.4) is 0 Å². The molecule has 0 atom stereocenters. The summed E-state index contributed by atoms with van der Waals surface area (Å²) in [5.74, 6) is -0.100. The van der Waals surface area contributed by atoms with Crippen LogP contribution in [-0.2, 0) is 14.8 Å². The maximum atomic E-state index is 12.7. The Kier molecular flexibility index (Phi) is 6.42. The van der Waals surface area contributed by atoms with Gasteiger partial charge in [0.2, 0.25) is 15.9 Å². The number of para-hydroxylation sites is 1. The second-order valence-electron chi connectivity index (χ2n) is 6.40. The van der Waals surface area contributed by atoms with Crippen molar-refractivity contribution in [1.82, 2.24) is 0 Å². The molecule has 0 bridgehead atoms. The smallest absolute Gasteiger partial charge is 0.232 e. The average Bonchev–Trinajstić information content (AvgIpc) is 2.54. The molecule has 0 aliphatic heterocycles. The lowest BCUT2D eigenvalue weighted by atomic mass is 10.1. The summed E-state index contributed by atoms with van der Waals surface area (Å²) in [6.45, 7) is 6.41. The molecule has 0 aromatic heterocycles. The van der Waals surface area contributed by atoms with E-state index in [1.54, 1.807) is 4.90 Å². The summed E-state index contributed by atoms with van der Waals surface area (Å²) in [6.07, 6.45) is 1.28. The zero-order chi connectivity index (χ0) is 19.3. The van der Waals surface area contributed by atoms with E-state index in [-0.39, 0.29) is 18.9 Å². The van der Waals surface area contributed by atoms with Crippen LogP contribution in [0.5, 0.6) is 0 Å². The van der Waals surface area contributed by atoms with Crippen LogP contribution in [-0.4, -0.2) is 33.7 Å². The molecule has 2 aromatic rings. The van der Waals surface area contributed by atoms with Crippen LogP contribution in [0, 0.1) is 13.8 Å². The predicted molar refractivity (Wildman–Crippen MR) is 107 cm³/mol. The minimum absolute atomic E-state index is 0.100. The highest BCUT2D eigenvalue weighted by atomic mass is 32.2. The van der Waals surface area contributed by atoms with Crippen molar-refractivity contribution in [3.05, 3.63) is 59.7 Å². The van der Waals surface area contributed by atoms with Gasteiger partial charge in [0.15, 0.2) is 0 Å². The highest BCUT2D eigenvalue weighted by Gasteiger charge is 2.21. The van der Waals surface area contributed by atoms with Crippen LogP contribution in [0.2, 0.25) is 0 Å². The van der Waals surface area contributed by atoms with Crippen LogP contribution in [0.25, 0.3) is 0 Å². The van der Waals surface area contributed by atoms with Crippen molar-refractivity contribution in [2.45, 2.75) is 27.2 Å². The van der Waals surface area contributed by atoms with E-state index in [1.165, 1.54) is 10.6 Å². The van der Waals surface area contributed by atoms with Gasteiger partial charge in [-0.15, -0.1) is 0 Å². The summed E-state index contributed by atoms with van der Waals surface area (Å²) in [4.78, 5) is 14.3. The molecular formula is C20H26N2O3S. The van der Waals surface area contributed by atoms with Crippen molar-refractivity contribution in [1.29, 1.82) is 0 Å². The van der Waals surface area contributed by atoms with Crippen molar-refractivity contribution in [3.8, 4) is 0 Å². The number of anilines is 2. The van der Waals surface area contributed by atoms with Crippen molar-refractivity contribution >= 4 is 27.3 Å². The fraction of sp³-hybridized carbons (Fsp3) is 0.350. The Morgan fingerprint density at radius 3 is 2.04 bits per heavy atom. The second kappa shape index (κ2) is 8.36. The molecule has 140 valence electrons. The minimum atomic E-state index is -3.48. The first-order valence-electron chi connectivity index (χ1n) is 8.63. The normalized spacial score (nSPS) is 11.2. The summed E-state index contributed by atoms with van der Waals surface area (Å²) >= 11 is 0. The average molecular weight is 375 g/mol. The molecule has 0 radical (unpaired) electrons. The molecule has 2 rings (SSSR count). The Labute approximate surface area is 156 Å². The zero-order valence-electron chi connectivity index (χ0n) is 15.8. The number of carbonyl (C=O) groups is 1. The van der Waals surface area contributed by atoms with Gasteiger partial charge in [-0.3, -0.25) is 9.10 Å². The van der Waals surface area contributed by atoms with E-state index in [1.807, 2.05) is 69.3 Å². The number of aryl methyl sites for hydroxylation is 2. The van der Waals surface area contributed by atoms with Crippen LogP contribution in [0.15, 0.2) is 48.5 Å². The van der Waals surface area contributed by atoms with Crippen molar-refractivity contribution in [3.63, 3.8) is 0 Å². The minimum Gasteiger partial charge on any atom is -0.313 e. The molecular weight excluding hydrogens is 348 g/mol. The molecule has 0 heterocycles. The maximum Gasteiger partial charge on any atom is 0.232 e. The highest BCUT2D eigenvalue weighted by Crippen LogP contribution is 2.22. The Hall–Kier alpha value is -2.34. The van der Waals surface area contributed by atoms with Crippen LogP contribution in [0.4, 0.5) is 11.4 Å². The third-order valence-electron chi connectivity index (χ3n) is 4.11. The lowest BCUT2D eigenvalue weighted by Gasteiger charge is -2.26. The SMILES string of the molecule is CCN(C(=O)CCN(c1cc(C)cc(C)c1)S(C)(=O)=O)c1ccccc1. The first-order valence-corrected chi connectivity index (χ1v) is 10.5. The molecule has 0 aliphatic carbocycles. The van der Waals surface area contributed by atoms with Gasteiger partial charge < -0.3 is 4.90 Å². The van der Waals surface area contributed by atoms with Crippen LogP contribution in [0.1, 0.15) is 24.5 Å². The molecule has 0 saturated heterocycles. The van der Waals surface area contributed by atoms with E-state index < -0.39 is 10.0 Å². The van der Waals surface area contributed by atoms with E-state index in [9.17, 15) is 13.2 Å². The lowest BCUT2D eigenvalue weighted by Crippen LogP contribution is -2.37. The predicted octanol–water partition coefficient (Wildman–Crippen LogP) is 3.51.